The Kier molecular flexibility index (Phi) is 2.92. The molecule has 2 rings (SSSR count). The Morgan fingerprint density at radius 3 is 2.92 bits per heavy atom. The van der Waals surface area contributed by atoms with E-state index in [-0.39, 0.29) is 0 Å². The van der Waals surface area contributed by atoms with Crippen LogP contribution in [0.4, 0.5) is 0 Å². The topological polar surface area (TPSA) is 12.0 Å². The average molecular weight is 216 g/mol. The third-order valence-corrected chi connectivity index (χ3v) is 4.38. The summed E-state index contributed by atoms with van der Waals surface area (Å²) in [6, 6.07) is 2.71. The number of halogens is 1. The van der Waals surface area contributed by atoms with Gasteiger partial charge in [0, 0.05) is 10.9 Å². The summed E-state index contributed by atoms with van der Waals surface area (Å²) in [7, 11) is 2.04. The van der Waals surface area contributed by atoms with Crippen molar-refractivity contribution in [1.82, 2.24) is 5.32 Å². The van der Waals surface area contributed by atoms with Crippen molar-refractivity contribution < 1.29 is 0 Å². The molecular weight excluding hydrogens is 202 g/mol. The van der Waals surface area contributed by atoms with Gasteiger partial charge in [-0.2, -0.15) is 0 Å². The lowest BCUT2D eigenvalue weighted by molar-refractivity contribution is 0.573. The van der Waals surface area contributed by atoms with Crippen LogP contribution in [-0.4, -0.2) is 13.1 Å². The molecule has 0 bridgehead atoms. The summed E-state index contributed by atoms with van der Waals surface area (Å²) in [4.78, 5) is 1.39. The average Bonchev–Trinajstić information content (AvgIpc) is 2.71. The molecule has 13 heavy (non-hydrogen) atoms. The van der Waals surface area contributed by atoms with E-state index in [2.05, 4.69) is 10.7 Å². The highest BCUT2D eigenvalue weighted by molar-refractivity contribution is 7.10. The van der Waals surface area contributed by atoms with Gasteiger partial charge in [0.1, 0.15) is 0 Å². The fourth-order valence-corrected chi connectivity index (χ4v) is 3.44. The van der Waals surface area contributed by atoms with Gasteiger partial charge in [0.05, 0.1) is 5.02 Å². The lowest BCUT2D eigenvalue weighted by Gasteiger charge is -2.09. The van der Waals surface area contributed by atoms with E-state index < -0.39 is 0 Å². The largest absolute Gasteiger partial charge is 0.317 e. The quantitative estimate of drug-likeness (QED) is 0.799. The number of hydrogen-bond donors (Lipinski definition) is 1. The van der Waals surface area contributed by atoms with E-state index in [0.29, 0.717) is 12.0 Å². The van der Waals surface area contributed by atoms with Gasteiger partial charge in [0.2, 0.25) is 0 Å². The molecule has 1 aliphatic carbocycles. The molecule has 1 heterocycles. The maximum Gasteiger partial charge on any atom is 0.0547 e. The third kappa shape index (κ3) is 1.90. The smallest absolute Gasteiger partial charge is 0.0547 e. The van der Waals surface area contributed by atoms with Crippen molar-refractivity contribution in [2.45, 2.75) is 31.2 Å². The SMILES string of the molecule is CNC1CCC(c2sccc2Cl)C1. The van der Waals surface area contributed by atoms with E-state index >= 15 is 0 Å². The second-order valence-corrected chi connectivity index (χ2v) is 4.98. The lowest BCUT2D eigenvalue weighted by Crippen LogP contribution is -2.20. The molecule has 1 fully saturated rings. The van der Waals surface area contributed by atoms with Crippen LogP contribution in [0, 0.1) is 0 Å². The Balaban J connectivity index is 2.08. The van der Waals surface area contributed by atoms with Crippen molar-refractivity contribution in [2.24, 2.45) is 0 Å². The van der Waals surface area contributed by atoms with E-state index in [0.717, 1.165) is 5.02 Å². The van der Waals surface area contributed by atoms with E-state index in [9.17, 15) is 0 Å². The van der Waals surface area contributed by atoms with Crippen LogP contribution in [0.3, 0.4) is 0 Å². The van der Waals surface area contributed by atoms with Crippen LogP contribution in [0.25, 0.3) is 0 Å². The normalized spacial score (nSPS) is 28.2. The van der Waals surface area contributed by atoms with Crippen LogP contribution in [0.15, 0.2) is 11.4 Å². The van der Waals surface area contributed by atoms with Crippen molar-refractivity contribution >= 4 is 22.9 Å². The Morgan fingerprint density at radius 2 is 2.38 bits per heavy atom. The van der Waals surface area contributed by atoms with Gasteiger partial charge in [-0.15, -0.1) is 11.3 Å². The first-order valence-corrected chi connectivity index (χ1v) is 5.97. The van der Waals surface area contributed by atoms with Crippen molar-refractivity contribution in [3.8, 4) is 0 Å². The molecule has 1 aliphatic rings. The molecule has 2 unspecified atom stereocenters. The number of rotatable bonds is 2. The summed E-state index contributed by atoms with van der Waals surface area (Å²) in [5.41, 5.74) is 0. The first kappa shape index (κ1) is 9.50. The van der Waals surface area contributed by atoms with Gasteiger partial charge < -0.3 is 5.32 Å². The fraction of sp³-hybridized carbons (Fsp3) is 0.600. The minimum atomic E-state index is 0.697. The zero-order valence-corrected chi connectivity index (χ0v) is 9.29. The van der Waals surface area contributed by atoms with Crippen LogP contribution in [0.1, 0.15) is 30.1 Å². The van der Waals surface area contributed by atoms with E-state index in [4.69, 9.17) is 11.6 Å². The van der Waals surface area contributed by atoms with Crippen LogP contribution in [0.2, 0.25) is 5.02 Å². The minimum Gasteiger partial charge on any atom is -0.317 e. The predicted octanol–water partition coefficient (Wildman–Crippen LogP) is 3.26. The highest BCUT2D eigenvalue weighted by Gasteiger charge is 2.26. The second-order valence-electron chi connectivity index (χ2n) is 3.63. The zero-order chi connectivity index (χ0) is 9.26. The second kappa shape index (κ2) is 3.99. The third-order valence-electron chi connectivity index (χ3n) is 2.86. The van der Waals surface area contributed by atoms with Gasteiger partial charge in [-0.1, -0.05) is 11.6 Å². The Labute approximate surface area is 88.1 Å². The highest BCUT2D eigenvalue weighted by atomic mass is 35.5. The first-order valence-electron chi connectivity index (χ1n) is 4.71. The summed E-state index contributed by atoms with van der Waals surface area (Å²) >= 11 is 7.90. The lowest BCUT2D eigenvalue weighted by atomic mass is 10.1. The van der Waals surface area contributed by atoms with Crippen LogP contribution in [-0.2, 0) is 0 Å². The fourth-order valence-electron chi connectivity index (χ4n) is 2.08. The molecule has 1 aromatic heterocycles. The molecule has 0 aliphatic heterocycles. The van der Waals surface area contributed by atoms with Crippen LogP contribution >= 0.6 is 22.9 Å². The van der Waals surface area contributed by atoms with Gasteiger partial charge in [0.25, 0.3) is 0 Å². The summed E-state index contributed by atoms with van der Waals surface area (Å²) in [6.07, 6.45) is 3.82. The summed E-state index contributed by atoms with van der Waals surface area (Å²) in [6.45, 7) is 0. The molecule has 1 aromatic rings. The molecule has 0 spiro atoms. The van der Waals surface area contributed by atoms with Gasteiger partial charge >= 0.3 is 0 Å². The number of hydrogen-bond acceptors (Lipinski definition) is 2. The van der Waals surface area contributed by atoms with E-state index in [1.54, 1.807) is 11.3 Å². The Hall–Kier alpha value is -0.0500. The minimum absolute atomic E-state index is 0.697. The monoisotopic (exact) mass is 215 g/mol. The molecule has 3 heteroatoms. The van der Waals surface area contributed by atoms with E-state index in [1.807, 2.05) is 13.1 Å². The molecule has 0 saturated heterocycles. The summed E-state index contributed by atoms with van der Waals surface area (Å²) in [5, 5.41) is 6.39. The molecule has 1 saturated carbocycles. The van der Waals surface area contributed by atoms with E-state index in [1.165, 1.54) is 24.1 Å². The van der Waals surface area contributed by atoms with Crippen molar-refractivity contribution in [3.05, 3.63) is 21.3 Å². The maximum absolute atomic E-state index is 6.10. The van der Waals surface area contributed by atoms with Crippen molar-refractivity contribution in [3.63, 3.8) is 0 Å². The Morgan fingerprint density at radius 1 is 1.54 bits per heavy atom. The molecule has 0 amide bonds. The molecule has 1 nitrogen and oxygen atoms in total. The molecular formula is C10H14ClNS. The molecule has 1 N–H and O–H groups in total. The molecule has 0 aromatic carbocycles. The van der Waals surface area contributed by atoms with Crippen LogP contribution in [0.5, 0.6) is 0 Å². The van der Waals surface area contributed by atoms with Crippen LogP contribution < -0.4 is 5.32 Å². The van der Waals surface area contributed by atoms with Crippen molar-refractivity contribution in [2.75, 3.05) is 7.05 Å². The van der Waals surface area contributed by atoms with Gasteiger partial charge in [0.15, 0.2) is 0 Å². The number of thiophene rings is 1. The standard InChI is InChI=1S/C10H14ClNS/c1-12-8-3-2-7(6-8)10-9(11)4-5-13-10/h4-5,7-8,12H,2-3,6H2,1H3. The predicted molar refractivity (Wildman–Crippen MR) is 58.8 cm³/mol. The molecule has 2 atom stereocenters. The van der Waals surface area contributed by atoms with Crippen molar-refractivity contribution in [1.29, 1.82) is 0 Å². The van der Waals surface area contributed by atoms with Gasteiger partial charge in [-0.3, -0.25) is 0 Å². The zero-order valence-electron chi connectivity index (χ0n) is 7.72. The van der Waals surface area contributed by atoms with Gasteiger partial charge in [-0.05, 0) is 43.7 Å². The first-order chi connectivity index (χ1) is 6.31. The Bertz CT molecular complexity index is 284. The maximum atomic E-state index is 6.10. The summed E-state index contributed by atoms with van der Waals surface area (Å²) in [5.74, 6) is 0.699. The van der Waals surface area contributed by atoms with Gasteiger partial charge in [-0.25, -0.2) is 0 Å². The summed E-state index contributed by atoms with van der Waals surface area (Å²) < 4.78 is 0. The highest BCUT2D eigenvalue weighted by Crippen LogP contribution is 2.40. The molecule has 72 valence electrons. The molecule has 0 radical (unpaired) electrons. The number of nitrogens with one attached hydrogen (secondary N) is 1.